The predicted molar refractivity (Wildman–Crippen MR) is 72.8 cm³/mol. The van der Waals surface area contributed by atoms with Gasteiger partial charge in [0, 0.05) is 63.1 Å². The summed E-state index contributed by atoms with van der Waals surface area (Å²) >= 11 is 5.98. The van der Waals surface area contributed by atoms with Crippen LogP contribution in [0.2, 0.25) is 5.02 Å². The molecular weight excluding hydrogens is 248 g/mol. The van der Waals surface area contributed by atoms with Crippen LogP contribution in [0, 0.1) is 0 Å². The molecule has 0 unspecified atom stereocenters. The van der Waals surface area contributed by atoms with Gasteiger partial charge in [-0.1, -0.05) is 11.6 Å². The maximum atomic E-state index is 5.98. The Labute approximate surface area is 113 Å². The van der Waals surface area contributed by atoms with Crippen molar-refractivity contribution in [3.63, 3.8) is 0 Å². The van der Waals surface area contributed by atoms with Gasteiger partial charge in [0.05, 0.1) is 5.69 Å². The lowest BCUT2D eigenvalue weighted by Gasteiger charge is -2.43. The van der Waals surface area contributed by atoms with Gasteiger partial charge in [-0.3, -0.25) is 14.8 Å². The van der Waals surface area contributed by atoms with Gasteiger partial charge >= 0.3 is 0 Å². The average molecular weight is 267 g/mol. The molecule has 1 aromatic heterocycles. The van der Waals surface area contributed by atoms with Crippen LogP contribution in [0.3, 0.4) is 0 Å². The molecule has 0 atom stereocenters. The van der Waals surface area contributed by atoms with Crippen molar-refractivity contribution in [2.24, 2.45) is 0 Å². The molecule has 98 valence electrons. The van der Waals surface area contributed by atoms with Crippen molar-refractivity contribution in [3.05, 3.63) is 29.0 Å². The summed E-state index contributed by atoms with van der Waals surface area (Å²) in [5, 5.41) is 4.11. The van der Waals surface area contributed by atoms with Crippen LogP contribution in [0.1, 0.15) is 5.69 Å². The molecule has 3 rings (SSSR count). The lowest BCUT2D eigenvalue weighted by molar-refractivity contribution is 0.0690. The Bertz CT molecular complexity index is 400. The summed E-state index contributed by atoms with van der Waals surface area (Å²) in [6.45, 7) is 7.85. The van der Waals surface area contributed by atoms with Gasteiger partial charge in [-0.05, 0) is 12.1 Å². The molecule has 0 spiro atoms. The quantitative estimate of drug-likeness (QED) is 0.878. The first kappa shape index (κ1) is 12.4. The minimum absolute atomic E-state index is 0.774. The summed E-state index contributed by atoms with van der Waals surface area (Å²) in [5.74, 6) is 0. The Hall–Kier alpha value is -0.680. The Morgan fingerprint density at radius 2 is 2.06 bits per heavy atom. The molecule has 0 saturated carbocycles. The van der Waals surface area contributed by atoms with Gasteiger partial charge in [0.1, 0.15) is 0 Å². The zero-order chi connectivity index (χ0) is 12.4. The summed E-state index contributed by atoms with van der Waals surface area (Å²) in [6, 6.07) is 4.56. The smallest absolute Gasteiger partial charge is 0.0558 e. The van der Waals surface area contributed by atoms with E-state index in [0.717, 1.165) is 49.5 Å². The average Bonchev–Trinajstić information content (AvgIpc) is 2.29. The van der Waals surface area contributed by atoms with Gasteiger partial charge in [0.2, 0.25) is 0 Å². The van der Waals surface area contributed by atoms with Gasteiger partial charge in [0.25, 0.3) is 0 Å². The van der Waals surface area contributed by atoms with Gasteiger partial charge in [-0.25, -0.2) is 0 Å². The van der Waals surface area contributed by atoms with Gasteiger partial charge in [0.15, 0.2) is 0 Å². The molecule has 18 heavy (non-hydrogen) atoms. The zero-order valence-electron chi connectivity index (χ0n) is 10.5. The fraction of sp³-hybridized carbons (Fsp3) is 0.615. The van der Waals surface area contributed by atoms with Crippen LogP contribution in [0.5, 0.6) is 0 Å². The van der Waals surface area contributed by atoms with Crippen LogP contribution in [0.15, 0.2) is 18.3 Å². The van der Waals surface area contributed by atoms with E-state index in [1.807, 2.05) is 12.1 Å². The fourth-order valence-corrected chi connectivity index (χ4v) is 2.76. The van der Waals surface area contributed by atoms with Crippen molar-refractivity contribution in [2.45, 2.75) is 12.6 Å². The number of nitrogens with one attached hydrogen (secondary N) is 1. The molecule has 5 heteroatoms. The molecule has 0 aliphatic carbocycles. The fourth-order valence-electron chi connectivity index (χ4n) is 2.58. The molecule has 4 nitrogen and oxygen atoms in total. The van der Waals surface area contributed by atoms with Gasteiger partial charge < -0.3 is 5.32 Å². The highest BCUT2D eigenvalue weighted by molar-refractivity contribution is 6.30. The number of piperazine rings is 1. The topological polar surface area (TPSA) is 31.4 Å². The highest BCUT2D eigenvalue weighted by Gasteiger charge is 2.27. The van der Waals surface area contributed by atoms with E-state index in [1.165, 1.54) is 13.1 Å². The summed E-state index contributed by atoms with van der Waals surface area (Å²) in [4.78, 5) is 9.42. The molecule has 1 aromatic rings. The minimum Gasteiger partial charge on any atom is -0.314 e. The van der Waals surface area contributed by atoms with Crippen molar-refractivity contribution in [1.29, 1.82) is 0 Å². The molecule has 2 aliphatic rings. The Balaban J connectivity index is 1.50. The van der Waals surface area contributed by atoms with Crippen LogP contribution in [-0.4, -0.2) is 60.1 Å². The number of rotatable bonds is 3. The minimum atomic E-state index is 0.774. The maximum absolute atomic E-state index is 5.98. The summed E-state index contributed by atoms with van der Waals surface area (Å²) < 4.78 is 0. The molecular formula is C13H19ClN4. The Morgan fingerprint density at radius 1 is 1.28 bits per heavy atom. The number of pyridine rings is 1. The molecule has 0 aromatic carbocycles. The summed E-state index contributed by atoms with van der Waals surface area (Å²) in [5.41, 5.74) is 1.07. The van der Waals surface area contributed by atoms with Crippen molar-refractivity contribution < 1.29 is 0 Å². The third-order valence-corrected chi connectivity index (χ3v) is 4.08. The second-order valence-corrected chi connectivity index (χ2v) is 5.53. The van der Waals surface area contributed by atoms with E-state index >= 15 is 0 Å². The van der Waals surface area contributed by atoms with E-state index in [-0.39, 0.29) is 0 Å². The monoisotopic (exact) mass is 266 g/mol. The highest BCUT2D eigenvalue weighted by Crippen LogP contribution is 2.13. The highest BCUT2D eigenvalue weighted by atomic mass is 35.5. The van der Waals surface area contributed by atoms with E-state index in [2.05, 4.69) is 20.1 Å². The Morgan fingerprint density at radius 3 is 2.67 bits per heavy atom. The van der Waals surface area contributed by atoms with E-state index < -0.39 is 0 Å². The second kappa shape index (κ2) is 5.53. The van der Waals surface area contributed by atoms with Crippen LogP contribution in [-0.2, 0) is 6.54 Å². The van der Waals surface area contributed by atoms with Crippen molar-refractivity contribution in [3.8, 4) is 0 Å². The largest absolute Gasteiger partial charge is 0.314 e. The van der Waals surface area contributed by atoms with Crippen LogP contribution >= 0.6 is 11.6 Å². The maximum Gasteiger partial charge on any atom is 0.0558 e. The van der Waals surface area contributed by atoms with Crippen molar-refractivity contribution >= 4 is 11.6 Å². The molecule has 2 fully saturated rings. The first-order chi connectivity index (χ1) is 8.81. The standard InChI is InChI=1S/C13H19ClN4/c14-11-1-2-16-12(7-11)10-17-3-5-18(6-4-17)13-8-15-9-13/h1-2,7,13,15H,3-6,8-10H2. The lowest BCUT2D eigenvalue weighted by atomic mass is 10.1. The van der Waals surface area contributed by atoms with Crippen LogP contribution < -0.4 is 5.32 Å². The molecule has 0 amide bonds. The van der Waals surface area contributed by atoms with E-state index in [9.17, 15) is 0 Å². The van der Waals surface area contributed by atoms with Gasteiger partial charge in [-0.15, -0.1) is 0 Å². The SMILES string of the molecule is Clc1ccnc(CN2CCN(C3CNC3)CC2)c1. The number of hydrogen-bond acceptors (Lipinski definition) is 4. The van der Waals surface area contributed by atoms with Crippen molar-refractivity contribution in [1.82, 2.24) is 20.1 Å². The van der Waals surface area contributed by atoms with E-state index in [0.29, 0.717) is 0 Å². The predicted octanol–water partition coefficient (Wildman–Crippen LogP) is 0.824. The zero-order valence-corrected chi connectivity index (χ0v) is 11.2. The molecule has 0 bridgehead atoms. The molecule has 2 aliphatic heterocycles. The number of hydrogen-bond donors (Lipinski definition) is 1. The Kier molecular flexibility index (Phi) is 3.80. The lowest BCUT2D eigenvalue weighted by Crippen LogP contribution is -2.61. The molecule has 3 heterocycles. The number of nitrogens with zero attached hydrogens (tertiary/aromatic N) is 3. The van der Waals surface area contributed by atoms with E-state index in [1.54, 1.807) is 6.20 Å². The van der Waals surface area contributed by atoms with Crippen LogP contribution in [0.4, 0.5) is 0 Å². The molecule has 2 saturated heterocycles. The number of aromatic nitrogens is 1. The summed E-state index contributed by atoms with van der Waals surface area (Å²) in [6.07, 6.45) is 1.79. The third kappa shape index (κ3) is 2.83. The van der Waals surface area contributed by atoms with Crippen molar-refractivity contribution in [2.75, 3.05) is 39.3 Å². The van der Waals surface area contributed by atoms with Gasteiger partial charge in [-0.2, -0.15) is 0 Å². The first-order valence-corrected chi connectivity index (χ1v) is 6.96. The third-order valence-electron chi connectivity index (χ3n) is 3.85. The normalized spacial score (nSPS) is 22.9. The first-order valence-electron chi connectivity index (χ1n) is 6.59. The second-order valence-electron chi connectivity index (χ2n) is 5.09. The number of halogens is 1. The summed E-state index contributed by atoms with van der Waals surface area (Å²) in [7, 11) is 0. The van der Waals surface area contributed by atoms with Crippen LogP contribution in [0.25, 0.3) is 0 Å². The van der Waals surface area contributed by atoms with E-state index in [4.69, 9.17) is 11.6 Å². The molecule has 1 N–H and O–H groups in total. The molecule has 0 radical (unpaired) electrons.